The predicted octanol–water partition coefficient (Wildman–Crippen LogP) is 4.19. The van der Waals surface area contributed by atoms with E-state index in [0.717, 1.165) is 29.7 Å². The molecule has 1 aromatic heterocycles. The molecular weight excluding hydrogens is 388 g/mol. The lowest BCUT2D eigenvalue weighted by atomic mass is 10.1. The van der Waals surface area contributed by atoms with Crippen LogP contribution in [0.3, 0.4) is 0 Å². The number of anilines is 2. The highest BCUT2D eigenvalue weighted by atomic mass is 35.5. The second-order valence-corrected chi connectivity index (χ2v) is 8.05. The summed E-state index contributed by atoms with van der Waals surface area (Å²) in [6.07, 6.45) is 2.38. The van der Waals surface area contributed by atoms with Gasteiger partial charge in [0.05, 0.1) is 12.0 Å². The van der Waals surface area contributed by atoms with Crippen molar-refractivity contribution >= 4 is 51.4 Å². The number of amides is 2. The maximum atomic E-state index is 12.9. The van der Waals surface area contributed by atoms with Gasteiger partial charge >= 0.3 is 5.97 Å². The maximum Gasteiger partial charge on any atom is 0.304 e. The molecule has 6 nitrogen and oxygen atoms in total. The number of fused-ring (bicyclic) bond motifs is 1. The minimum absolute atomic E-state index is 0.261. The first-order valence-corrected chi connectivity index (χ1v) is 9.78. The summed E-state index contributed by atoms with van der Waals surface area (Å²) in [6, 6.07) is 6.79. The van der Waals surface area contributed by atoms with Crippen LogP contribution in [0.5, 0.6) is 0 Å². The molecule has 1 aliphatic rings. The molecule has 0 fully saturated rings. The van der Waals surface area contributed by atoms with Crippen molar-refractivity contribution in [1.29, 1.82) is 0 Å². The average molecular weight is 407 g/mol. The molecule has 2 aromatic rings. The van der Waals surface area contributed by atoms with E-state index >= 15 is 0 Å². The summed E-state index contributed by atoms with van der Waals surface area (Å²) in [5.41, 5.74) is 2.05. The number of halogens is 1. The fourth-order valence-electron chi connectivity index (χ4n) is 3.05. The molecule has 1 atom stereocenters. The molecule has 1 aliphatic carbocycles. The standard InChI is InChI=1S/C19H19ClN2O4S/c1-10(9-15(23)24)17(25)22-19-16(13-3-2-4-14(13)27-19)18(26)21-12-7-5-11(20)6-8-12/h5-8,10H,2-4,9H2,1H3,(H,21,26)(H,22,25)(H,23,24). The third-order valence-electron chi connectivity index (χ3n) is 4.42. The Labute approximate surface area is 165 Å². The van der Waals surface area contributed by atoms with Crippen molar-refractivity contribution in [3.8, 4) is 0 Å². The van der Waals surface area contributed by atoms with Crippen LogP contribution in [0.15, 0.2) is 24.3 Å². The van der Waals surface area contributed by atoms with Gasteiger partial charge in [0.1, 0.15) is 5.00 Å². The number of aliphatic carboxylic acids is 1. The molecule has 1 unspecified atom stereocenters. The first-order valence-electron chi connectivity index (χ1n) is 8.59. The van der Waals surface area contributed by atoms with Gasteiger partial charge in [-0.05, 0) is 49.1 Å². The highest BCUT2D eigenvalue weighted by molar-refractivity contribution is 7.17. The zero-order valence-electron chi connectivity index (χ0n) is 14.7. The van der Waals surface area contributed by atoms with Gasteiger partial charge in [0.15, 0.2) is 0 Å². The lowest BCUT2D eigenvalue weighted by Gasteiger charge is -2.12. The topological polar surface area (TPSA) is 95.5 Å². The number of carboxylic acid groups (broad SMARTS) is 1. The summed E-state index contributed by atoms with van der Waals surface area (Å²) in [6.45, 7) is 1.55. The number of carbonyl (C=O) groups excluding carboxylic acids is 2. The molecular formula is C19H19ClN2O4S. The second kappa shape index (κ2) is 8.10. The normalized spacial score (nSPS) is 13.7. The molecule has 3 rings (SSSR count). The van der Waals surface area contributed by atoms with Gasteiger partial charge in [0.25, 0.3) is 5.91 Å². The molecule has 0 radical (unpaired) electrons. The third kappa shape index (κ3) is 4.48. The summed E-state index contributed by atoms with van der Waals surface area (Å²) >= 11 is 7.27. The molecule has 0 bridgehead atoms. The zero-order chi connectivity index (χ0) is 19.6. The molecule has 0 saturated carbocycles. The SMILES string of the molecule is CC(CC(=O)O)C(=O)Nc1sc2c(c1C(=O)Nc1ccc(Cl)cc1)CCC2. The van der Waals surface area contributed by atoms with Gasteiger partial charge in [-0.1, -0.05) is 18.5 Å². The first-order chi connectivity index (χ1) is 12.8. The molecule has 0 saturated heterocycles. The van der Waals surface area contributed by atoms with E-state index in [0.29, 0.717) is 21.3 Å². The van der Waals surface area contributed by atoms with Gasteiger partial charge in [-0.25, -0.2) is 0 Å². The van der Waals surface area contributed by atoms with Gasteiger partial charge in [-0.3, -0.25) is 14.4 Å². The van der Waals surface area contributed by atoms with Crippen LogP contribution in [0.25, 0.3) is 0 Å². The van der Waals surface area contributed by atoms with Crippen LogP contribution in [0.2, 0.25) is 5.02 Å². The molecule has 2 amide bonds. The summed E-state index contributed by atoms with van der Waals surface area (Å²) in [7, 11) is 0. The fraction of sp³-hybridized carbons (Fsp3) is 0.316. The highest BCUT2D eigenvalue weighted by Gasteiger charge is 2.28. The summed E-state index contributed by atoms with van der Waals surface area (Å²) in [5, 5.41) is 15.5. The molecule has 0 aliphatic heterocycles. The monoisotopic (exact) mass is 406 g/mol. The largest absolute Gasteiger partial charge is 0.481 e. The van der Waals surface area contributed by atoms with E-state index in [2.05, 4.69) is 10.6 Å². The van der Waals surface area contributed by atoms with Crippen LogP contribution in [0, 0.1) is 5.92 Å². The molecule has 8 heteroatoms. The maximum absolute atomic E-state index is 12.9. The second-order valence-electron chi connectivity index (χ2n) is 6.51. The number of thiophene rings is 1. The number of benzene rings is 1. The first kappa shape index (κ1) is 19.4. The van der Waals surface area contributed by atoms with Crippen molar-refractivity contribution in [2.75, 3.05) is 10.6 Å². The lowest BCUT2D eigenvalue weighted by molar-refractivity contribution is -0.139. The number of hydrogen-bond acceptors (Lipinski definition) is 4. The van der Waals surface area contributed by atoms with Crippen molar-refractivity contribution in [3.05, 3.63) is 45.3 Å². The number of aryl methyl sites for hydroxylation is 1. The summed E-state index contributed by atoms with van der Waals surface area (Å²) in [4.78, 5) is 37.1. The van der Waals surface area contributed by atoms with Crippen molar-refractivity contribution in [2.24, 2.45) is 5.92 Å². The zero-order valence-corrected chi connectivity index (χ0v) is 16.2. The van der Waals surface area contributed by atoms with E-state index in [-0.39, 0.29) is 12.3 Å². The molecule has 1 aromatic carbocycles. The highest BCUT2D eigenvalue weighted by Crippen LogP contribution is 2.39. The van der Waals surface area contributed by atoms with Crippen LogP contribution in [0.1, 0.15) is 40.6 Å². The predicted molar refractivity (Wildman–Crippen MR) is 106 cm³/mol. The minimum Gasteiger partial charge on any atom is -0.481 e. The molecule has 27 heavy (non-hydrogen) atoms. The minimum atomic E-state index is -1.04. The van der Waals surface area contributed by atoms with E-state index < -0.39 is 17.8 Å². The van der Waals surface area contributed by atoms with Crippen molar-refractivity contribution in [2.45, 2.75) is 32.6 Å². The Morgan fingerprint density at radius 1 is 1.19 bits per heavy atom. The molecule has 1 heterocycles. The lowest BCUT2D eigenvalue weighted by Crippen LogP contribution is -2.24. The van der Waals surface area contributed by atoms with E-state index in [1.165, 1.54) is 11.3 Å². The van der Waals surface area contributed by atoms with E-state index in [1.807, 2.05) is 0 Å². The van der Waals surface area contributed by atoms with Gasteiger partial charge < -0.3 is 15.7 Å². The number of rotatable bonds is 6. The van der Waals surface area contributed by atoms with Gasteiger partial charge in [-0.15, -0.1) is 11.3 Å². The summed E-state index contributed by atoms with van der Waals surface area (Å²) < 4.78 is 0. The fourth-order valence-corrected chi connectivity index (χ4v) is 4.46. The van der Waals surface area contributed by atoms with E-state index in [9.17, 15) is 14.4 Å². The van der Waals surface area contributed by atoms with Crippen LogP contribution in [0.4, 0.5) is 10.7 Å². The molecule has 3 N–H and O–H groups in total. The van der Waals surface area contributed by atoms with Gasteiger partial charge in [0, 0.05) is 21.5 Å². The Hall–Kier alpha value is -2.38. The van der Waals surface area contributed by atoms with Crippen LogP contribution < -0.4 is 10.6 Å². The van der Waals surface area contributed by atoms with E-state index in [4.69, 9.17) is 16.7 Å². The number of carbonyl (C=O) groups is 3. The van der Waals surface area contributed by atoms with Crippen molar-refractivity contribution in [3.63, 3.8) is 0 Å². The van der Waals surface area contributed by atoms with Crippen LogP contribution >= 0.6 is 22.9 Å². The number of hydrogen-bond donors (Lipinski definition) is 3. The van der Waals surface area contributed by atoms with Crippen molar-refractivity contribution in [1.82, 2.24) is 0 Å². The Balaban J connectivity index is 1.83. The Bertz CT molecular complexity index is 892. The average Bonchev–Trinajstić information content (AvgIpc) is 3.16. The Kier molecular flexibility index (Phi) is 5.82. The number of carboxylic acids is 1. The smallest absolute Gasteiger partial charge is 0.304 e. The van der Waals surface area contributed by atoms with Gasteiger partial charge in [0.2, 0.25) is 5.91 Å². The van der Waals surface area contributed by atoms with E-state index in [1.54, 1.807) is 31.2 Å². The van der Waals surface area contributed by atoms with Crippen LogP contribution in [-0.2, 0) is 22.4 Å². The van der Waals surface area contributed by atoms with Gasteiger partial charge in [-0.2, -0.15) is 0 Å². The van der Waals surface area contributed by atoms with Crippen LogP contribution in [-0.4, -0.2) is 22.9 Å². The third-order valence-corrected chi connectivity index (χ3v) is 5.87. The molecule has 142 valence electrons. The summed E-state index contributed by atoms with van der Waals surface area (Å²) in [5.74, 6) is -2.42. The van der Waals surface area contributed by atoms with Crippen molar-refractivity contribution < 1.29 is 19.5 Å². The Morgan fingerprint density at radius 3 is 2.56 bits per heavy atom. The quantitative estimate of drug-likeness (QED) is 0.670. The molecule has 0 spiro atoms. The number of nitrogens with one attached hydrogen (secondary N) is 2. The Morgan fingerprint density at radius 2 is 1.89 bits per heavy atom.